The Labute approximate surface area is 192 Å². The van der Waals surface area contributed by atoms with Gasteiger partial charge in [0.25, 0.3) is 0 Å². The maximum atomic E-state index is 14.0. The molecule has 0 bridgehead atoms. The molecule has 32 heavy (non-hydrogen) atoms. The Morgan fingerprint density at radius 2 is 1.94 bits per heavy atom. The van der Waals surface area contributed by atoms with Crippen LogP contribution in [0.1, 0.15) is 17.7 Å². The van der Waals surface area contributed by atoms with E-state index in [1.54, 1.807) is 16.2 Å². The molecule has 0 N–H and O–H groups in total. The van der Waals surface area contributed by atoms with Crippen LogP contribution in [0.2, 0.25) is 0 Å². The van der Waals surface area contributed by atoms with Crippen molar-refractivity contribution in [2.75, 3.05) is 45.9 Å². The third kappa shape index (κ3) is 5.55. The van der Waals surface area contributed by atoms with Crippen LogP contribution < -0.4 is 0 Å². The molecule has 2 aliphatic heterocycles. The van der Waals surface area contributed by atoms with Gasteiger partial charge in [-0.3, -0.25) is 9.69 Å². The van der Waals surface area contributed by atoms with Gasteiger partial charge in [0.1, 0.15) is 10.7 Å². The number of piperazine rings is 1. The highest BCUT2D eigenvalue weighted by atomic mass is 32.2. The molecular weight excluding hydrogens is 453 g/mol. The smallest absolute Gasteiger partial charge is 0.246 e. The number of nitrogens with zero attached hydrogens (tertiary/aromatic N) is 3. The summed E-state index contributed by atoms with van der Waals surface area (Å²) in [5.41, 5.74) is 0. The number of ether oxygens (including phenoxy) is 1. The maximum Gasteiger partial charge on any atom is 0.246 e. The Balaban J connectivity index is 1.35. The maximum absolute atomic E-state index is 14.0. The number of amides is 1. The van der Waals surface area contributed by atoms with Crippen molar-refractivity contribution >= 4 is 27.3 Å². The molecule has 0 aliphatic carbocycles. The van der Waals surface area contributed by atoms with Crippen molar-refractivity contribution in [3.63, 3.8) is 0 Å². The molecule has 1 aromatic carbocycles. The summed E-state index contributed by atoms with van der Waals surface area (Å²) in [5.74, 6) is -0.785. The van der Waals surface area contributed by atoms with E-state index in [9.17, 15) is 17.6 Å². The van der Waals surface area contributed by atoms with E-state index in [0.717, 1.165) is 25.5 Å². The van der Waals surface area contributed by atoms with Gasteiger partial charge in [0, 0.05) is 50.8 Å². The fraction of sp³-hybridized carbons (Fsp3) is 0.500. The Morgan fingerprint density at radius 1 is 1.16 bits per heavy atom. The number of thiophene rings is 1. The molecule has 1 aromatic heterocycles. The van der Waals surface area contributed by atoms with Crippen LogP contribution in [0.25, 0.3) is 0 Å². The highest BCUT2D eigenvalue weighted by Gasteiger charge is 2.32. The van der Waals surface area contributed by atoms with Gasteiger partial charge < -0.3 is 9.64 Å². The molecule has 3 heterocycles. The van der Waals surface area contributed by atoms with Crippen LogP contribution in [0.4, 0.5) is 4.39 Å². The largest absolute Gasteiger partial charge is 0.377 e. The van der Waals surface area contributed by atoms with Crippen molar-refractivity contribution < 1.29 is 22.3 Å². The van der Waals surface area contributed by atoms with Crippen molar-refractivity contribution in [3.8, 4) is 0 Å². The second-order valence-electron chi connectivity index (χ2n) is 8.10. The summed E-state index contributed by atoms with van der Waals surface area (Å²) in [6.45, 7) is 3.30. The molecule has 174 valence electrons. The van der Waals surface area contributed by atoms with E-state index in [4.69, 9.17) is 4.74 Å². The van der Waals surface area contributed by atoms with E-state index in [1.165, 1.54) is 27.4 Å². The summed E-state index contributed by atoms with van der Waals surface area (Å²) >= 11 is 1.66. The first kappa shape index (κ1) is 23.3. The highest BCUT2D eigenvalue weighted by Crippen LogP contribution is 2.21. The molecule has 4 rings (SSSR count). The minimum Gasteiger partial charge on any atom is -0.377 e. The van der Waals surface area contributed by atoms with E-state index in [0.29, 0.717) is 26.2 Å². The van der Waals surface area contributed by atoms with E-state index in [-0.39, 0.29) is 36.5 Å². The number of carbonyl (C=O) groups excluding carboxylic acids is 1. The number of rotatable bonds is 8. The molecule has 2 saturated heterocycles. The lowest BCUT2D eigenvalue weighted by atomic mass is 10.2. The van der Waals surface area contributed by atoms with Gasteiger partial charge in [-0.15, -0.1) is 11.3 Å². The zero-order valence-corrected chi connectivity index (χ0v) is 19.5. The minimum atomic E-state index is -3.92. The van der Waals surface area contributed by atoms with Crippen LogP contribution >= 0.6 is 11.3 Å². The molecule has 0 spiro atoms. The second kappa shape index (κ2) is 10.4. The number of hydrogen-bond donors (Lipinski definition) is 0. The summed E-state index contributed by atoms with van der Waals surface area (Å²) in [6.07, 6.45) is 2.19. The first-order valence-electron chi connectivity index (χ1n) is 10.8. The summed E-state index contributed by atoms with van der Waals surface area (Å²) in [5, 5.41) is 2.02. The summed E-state index contributed by atoms with van der Waals surface area (Å²) in [7, 11) is -3.92. The third-order valence-corrected chi connectivity index (χ3v) is 8.64. The molecular formula is C22H28FN3O4S2. The van der Waals surface area contributed by atoms with E-state index in [2.05, 4.69) is 11.0 Å². The molecule has 0 unspecified atom stereocenters. The Hall–Kier alpha value is -1.85. The minimum absolute atomic E-state index is 0.0255. The van der Waals surface area contributed by atoms with Gasteiger partial charge in [-0.1, -0.05) is 18.2 Å². The van der Waals surface area contributed by atoms with Gasteiger partial charge in [0.05, 0.1) is 12.6 Å². The van der Waals surface area contributed by atoms with Crippen LogP contribution in [-0.4, -0.2) is 80.4 Å². The molecule has 10 heteroatoms. The number of hydrogen-bond acceptors (Lipinski definition) is 6. The van der Waals surface area contributed by atoms with Gasteiger partial charge in [-0.05, 0) is 36.4 Å². The monoisotopic (exact) mass is 481 g/mol. The van der Waals surface area contributed by atoms with Crippen molar-refractivity contribution in [3.05, 3.63) is 52.5 Å². The molecule has 2 aromatic rings. The Bertz CT molecular complexity index is 1000. The lowest BCUT2D eigenvalue weighted by Crippen LogP contribution is -2.52. The average Bonchev–Trinajstić information content (AvgIpc) is 3.48. The summed E-state index contributed by atoms with van der Waals surface area (Å²) in [6, 6.07) is 9.44. The standard InChI is InChI=1S/C22H28FN3O4S2/c23-20-7-1-2-8-21(20)32(28,29)26-11-9-25(10-12-26)22(27)17-24(15-18-5-3-13-30-18)16-19-6-4-14-31-19/h1-2,4,6-8,14,18H,3,5,9-13,15-17H2/t18-/m0/s1. The molecule has 0 radical (unpaired) electrons. The van der Waals surface area contributed by atoms with E-state index in [1.807, 2.05) is 11.4 Å². The number of carbonyl (C=O) groups is 1. The predicted molar refractivity (Wildman–Crippen MR) is 120 cm³/mol. The van der Waals surface area contributed by atoms with Crippen molar-refractivity contribution in [2.45, 2.75) is 30.4 Å². The summed E-state index contributed by atoms with van der Waals surface area (Å²) < 4.78 is 46.6. The highest BCUT2D eigenvalue weighted by molar-refractivity contribution is 7.89. The quantitative estimate of drug-likeness (QED) is 0.579. The Morgan fingerprint density at radius 3 is 2.59 bits per heavy atom. The van der Waals surface area contributed by atoms with Gasteiger partial charge in [-0.2, -0.15) is 4.31 Å². The van der Waals surface area contributed by atoms with Crippen LogP contribution in [0.15, 0.2) is 46.7 Å². The van der Waals surface area contributed by atoms with Crippen LogP contribution in [0.3, 0.4) is 0 Å². The van der Waals surface area contributed by atoms with Gasteiger partial charge in [0.15, 0.2) is 0 Å². The number of halogens is 1. The first-order valence-corrected chi connectivity index (χ1v) is 13.1. The zero-order valence-electron chi connectivity index (χ0n) is 17.9. The van der Waals surface area contributed by atoms with Gasteiger partial charge in [0.2, 0.25) is 15.9 Å². The topological polar surface area (TPSA) is 70.2 Å². The SMILES string of the molecule is O=C(CN(Cc1cccs1)C[C@@H]1CCCO1)N1CCN(S(=O)(=O)c2ccccc2F)CC1. The lowest BCUT2D eigenvalue weighted by Gasteiger charge is -2.35. The normalized spacial score (nSPS) is 20.2. The van der Waals surface area contributed by atoms with Gasteiger partial charge in [-0.25, -0.2) is 12.8 Å². The fourth-order valence-corrected chi connectivity index (χ4v) is 6.38. The number of sulfonamides is 1. The average molecular weight is 482 g/mol. The fourth-order valence-electron chi connectivity index (χ4n) is 4.15. The molecule has 1 amide bonds. The molecule has 0 saturated carbocycles. The Kier molecular flexibility index (Phi) is 7.57. The summed E-state index contributed by atoms with van der Waals surface area (Å²) in [4.78, 5) is 17.7. The lowest BCUT2D eigenvalue weighted by molar-refractivity contribution is -0.134. The van der Waals surface area contributed by atoms with Crippen molar-refractivity contribution in [1.82, 2.24) is 14.1 Å². The van der Waals surface area contributed by atoms with E-state index >= 15 is 0 Å². The van der Waals surface area contributed by atoms with Crippen molar-refractivity contribution in [2.24, 2.45) is 0 Å². The van der Waals surface area contributed by atoms with Crippen LogP contribution in [0, 0.1) is 5.82 Å². The first-order chi connectivity index (χ1) is 15.4. The van der Waals surface area contributed by atoms with Crippen LogP contribution in [0.5, 0.6) is 0 Å². The molecule has 2 aliphatic rings. The zero-order chi connectivity index (χ0) is 22.6. The molecule has 2 fully saturated rings. The second-order valence-corrected chi connectivity index (χ2v) is 11.0. The van der Waals surface area contributed by atoms with E-state index < -0.39 is 15.8 Å². The molecule has 7 nitrogen and oxygen atoms in total. The van der Waals surface area contributed by atoms with Crippen molar-refractivity contribution in [1.29, 1.82) is 0 Å². The van der Waals surface area contributed by atoms with Crippen LogP contribution in [-0.2, 0) is 26.1 Å². The van der Waals surface area contributed by atoms with Gasteiger partial charge >= 0.3 is 0 Å². The third-order valence-electron chi connectivity index (χ3n) is 5.85. The number of benzene rings is 1. The predicted octanol–water partition coefficient (Wildman–Crippen LogP) is 2.40. The molecule has 1 atom stereocenters.